The minimum atomic E-state index is -0.264. The largest absolute Gasteiger partial charge is 0.504 e. The summed E-state index contributed by atoms with van der Waals surface area (Å²) in [7, 11) is 1.47. The number of amides is 1. The van der Waals surface area contributed by atoms with Gasteiger partial charge in [-0.15, -0.1) is 0 Å². The molecule has 0 unspecified atom stereocenters. The molecule has 1 heterocycles. The minimum absolute atomic E-state index is 0.0260. The number of hydrogen-bond donors (Lipinski definition) is 2. The van der Waals surface area contributed by atoms with Crippen LogP contribution in [0.3, 0.4) is 0 Å². The summed E-state index contributed by atoms with van der Waals surface area (Å²) in [5, 5.41) is 15.4. The second-order valence-corrected chi connectivity index (χ2v) is 7.87. The highest BCUT2D eigenvalue weighted by Gasteiger charge is 2.08. The Bertz CT molecular complexity index is 831. The molecule has 2 N–H and O–H groups in total. The number of phenols is 1. The number of para-hydroxylation sites is 1. The van der Waals surface area contributed by atoms with E-state index >= 15 is 0 Å². The highest BCUT2D eigenvalue weighted by Crippen LogP contribution is 2.28. The van der Waals surface area contributed by atoms with Gasteiger partial charge >= 0.3 is 0 Å². The lowest BCUT2D eigenvalue weighted by Crippen LogP contribution is -2.19. The molecule has 2 rings (SSSR count). The molecule has 1 amide bonds. The lowest BCUT2D eigenvalue weighted by Gasteiger charge is -2.06. The molecular formula is C19H24N4O3S2. The van der Waals surface area contributed by atoms with Crippen LogP contribution in [0.5, 0.6) is 11.5 Å². The summed E-state index contributed by atoms with van der Waals surface area (Å²) in [6.07, 6.45) is 3.63. The van der Waals surface area contributed by atoms with E-state index in [-0.39, 0.29) is 17.4 Å². The van der Waals surface area contributed by atoms with Crippen molar-refractivity contribution >= 4 is 35.6 Å². The van der Waals surface area contributed by atoms with Gasteiger partial charge in [0.25, 0.3) is 0 Å². The van der Waals surface area contributed by atoms with E-state index in [9.17, 15) is 9.90 Å². The van der Waals surface area contributed by atoms with Crippen molar-refractivity contribution in [2.45, 2.75) is 36.9 Å². The van der Waals surface area contributed by atoms with Crippen LogP contribution in [-0.2, 0) is 4.79 Å². The predicted octanol–water partition coefficient (Wildman–Crippen LogP) is 3.63. The fraction of sp³-hybridized carbons (Fsp3) is 0.368. The zero-order chi connectivity index (χ0) is 20.4. The number of methoxy groups -OCH3 is 1. The molecule has 0 saturated carbocycles. The summed E-state index contributed by atoms with van der Waals surface area (Å²) in [4.78, 5) is 20.9. The number of carbonyl (C=O) groups excluding carboxylic acids is 1. The van der Waals surface area contributed by atoms with Gasteiger partial charge in [-0.2, -0.15) is 5.10 Å². The zero-order valence-electron chi connectivity index (χ0n) is 16.1. The number of thioether (sulfide) groups is 2. The van der Waals surface area contributed by atoms with E-state index in [1.54, 1.807) is 30.0 Å². The Hall–Kier alpha value is -2.26. The van der Waals surface area contributed by atoms with Crippen molar-refractivity contribution in [2.24, 2.45) is 5.10 Å². The van der Waals surface area contributed by atoms with Crippen LogP contribution >= 0.6 is 23.5 Å². The fourth-order valence-electron chi connectivity index (χ4n) is 2.11. The Morgan fingerprint density at radius 3 is 2.93 bits per heavy atom. The van der Waals surface area contributed by atoms with Crippen LogP contribution in [0, 0.1) is 6.92 Å². The number of nitrogens with zero attached hydrogens (tertiary/aromatic N) is 3. The SMILES string of the molecule is CCCCSc1nc(C)cc(SCC(=O)NN=Cc2cccc(OC)c2O)n1. The van der Waals surface area contributed by atoms with Crippen molar-refractivity contribution < 1.29 is 14.6 Å². The first-order chi connectivity index (χ1) is 13.5. The number of unbranched alkanes of at least 4 members (excludes halogenated alkanes) is 1. The minimum Gasteiger partial charge on any atom is -0.504 e. The number of hydrogen-bond acceptors (Lipinski definition) is 8. The Kier molecular flexibility index (Phi) is 9.09. The molecule has 0 spiro atoms. The molecule has 9 heteroatoms. The maximum atomic E-state index is 12.0. The Morgan fingerprint density at radius 2 is 2.18 bits per heavy atom. The number of nitrogens with one attached hydrogen (secondary N) is 1. The molecule has 0 bridgehead atoms. The first-order valence-corrected chi connectivity index (χ1v) is 10.8. The molecule has 0 saturated heterocycles. The number of phenolic OH excluding ortho intramolecular Hbond substituents is 1. The van der Waals surface area contributed by atoms with Crippen LogP contribution < -0.4 is 10.2 Å². The average Bonchev–Trinajstić information content (AvgIpc) is 2.67. The van der Waals surface area contributed by atoms with Gasteiger partial charge in [0.1, 0.15) is 5.03 Å². The topological polar surface area (TPSA) is 96.7 Å². The van der Waals surface area contributed by atoms with Crippen molar-refractivity contribution in [3.05, 3.63) is 35.5 Å². The van der Waals surface area contributed by atoms with Gasteiger partial charge in [-0.05, 0) is 31.5 Å². The summed E-state index contributed by atoms with van der Waals surface area (Å²) in [6, 6.07) is 6.90. The first kappa shape index (κ1) is 22.0. The quantitative estimate of drug-likeness (QED) is 0.151. The second-order valence-electron chi connectivity index (χ2n) is 5.81. The smallest absolute Gasteiger partial charge is 0.250 e. The average molecular weight is 421 g/mol. The van der Waals surface area contributed by atoms with Crippen molar-refractivity contribution in [2.75, 3.05) is 18.6 Å². The van der Waals surface area contributed by atoms with Gasteiger partial charge in [-0.3, -0.25) is 4.79 Å². The summed E-state index contributed by atoms with van der Waals surface area (Å²) in [5.74, 6) is 1.22. The molecule has 0 aliphatic carbocycles. The van der Waals surface area contributed by atoms with E-state index in [1.165, 1.54) is 25.1 Å². The molecule has 2 aromatic rings. The number of rotatable bonds is 10. The molecule has 0 aliphatic heterocycles. The lowest BCUT2D eigenvalue weighted by molar-refractivity contribution is -0.118. The summed E-state index contributed by atoms with van der Waals surface area (Å²) in [5.41, 5.74) is 3.78. The van der Waals surface area contributed by atoms with Crippen LogP contribution in [0.2, 0.25) is 0 Å². The van der Waals surface area contributed by atoms with E-state index in [0.717, 1.165) is 34.5 Å². The molecule has 7 nitrogen and oxygen atoms in total. The molecule has 0 aliphatic rings. The molecule has 0 radical (unpaired) electrons. The maximum Gasteiger partial charge on any atom is 0.250 e. The van der Waals surface area contributed by atoms with E-state index in [0.29, 0.717) is 11.3 Å². The number of aryl methyl sites for hydroxylation is 1. The van der Waals surface area contributed by atoms with Gasteiger partial charge in [-0.25, -0.2) is 15.4 Å². The van der Waals surface area contributed by atoms with Gasteiger partial charge < -0.3 is 9.84 Å². The third-order valence-electron chi connectivity index (χ3n) is 3.53. The van der Waals surface area contributed by atoms with Gasteiger partial charge in [0, 0.05) is 17.0 Å². The maximum absolute atomic E-state index is 12.0. The highest BCUT2D eigenvalue weighted by atomic mass is 32.2. The van der Waals surface area contributed by atoms with E-state index in [1.807, 2.05) is 13.0 Å². The van der Waals surface area contributed by atoms with E-state index < -0.39 is 0 Å². The molecular weight excluding hydrogens is 396 g/mol. The molecule has 1 aromatic carbocycles. The highest BCUT2D eigenvalue weighted by molar-refractivity contribution is 8.00. The molecule has 0 atom stereocenters. The first-order valence-electron chi connectivity index (χ1n) is 8.82. The van der Waals surface area contributed by atoms with Crippen molar-refractivity contribution in [3.63, 3.8) is 0 Å². The van der Waals surface area contributed by atoms with Crippen LogP contribution in [0.15, 0.2) is 39.5 Å². The Labute approximate surface area is 173 Å². The third-order valence-corrected chi connectivity index (χ3v) is 5.38. The van der Waals surface area contributed by atoms with Crippen molar-refractivity contribution in [1.29, 1.82) is 0 Å². The van der Waals surface area contributed by atoms with E-state index in [4.69, 9.17) is 4.74 Å². The molecule has 0 fully saturated rings. The van der Waals surface area contributed by atoms with Gasteiger partial charge in [0.05, 0.1) is 19.1 Å². The summed E-state index contributed by atoms with van der Waals surface area (Å²) >= 11 is 2.96. The number of aromatic hydroxyl groups is 1. The number of carbonyl (C=O) groups is 1. The van der Waals surface area contributed by atoms with Crippen LogP contribution in [0.1, 0.15) is 31.0 Å². The number of ether oxygens (including phenoxy) is 1. The second kappa shape index (κ2) is 11.6. The van der Waals surface area contributed by atoms with E-state index in [2.05, 4.69) is 27.4 Å². The monoisotopic (exact) mass is 420 g/mol. The molecule has 1 aromatic heterocycles. The number of benzene rings is 1. The van der Waals surface area contributed by atoms with Gasteiger partial charge in [-0.1, -0.05) is 42.9 Å². The molecule has 150 valence electrons. The van der Waals surface area contributed by atoms with Crippen LogP contribution in [0.4, 0.5) is 0 Å². The fourth-order valence-corrected chi connectivity index (χ4v) is 3.91. The Morgan fingerprint density at radius 1 is 1.36 bits per heavy atom. The molecule has 28 heavy (non-hydrogen) atoms. The Balaban J connectivity index is 1.87. The number of hydrazone groups is 1. The lowest BCUT2D eigenvalue weighted by atomic mass is 10.2. The van der Waals surface area contributed by atoms with Gasteiger partial charge in [0.15, 0.2) is 16.7 Å². The number of aromatic nitrogens is 2. The van der Waals surface area contributed by atoms with Crippen molar-refractivity contribution in [3.8, 4) is 11.5 Å². The van der Waals surface area contributed by atoms with Gasteiger partial charge in [0.2, 0.25) is 5.91 Å². The summed E-state index contributed by atoms with van der Waals surface area (Å²) < 4.78 is 5.03. The third kappa shape index (κ3) is 7.05. The summed E-state index contributed by atoms with van der Waals surface area (Å²) in [6.45, 7) is 4.07. The zero-order valence-corrected chi connectivity index (χ0v) is 17.8. The van der Waals surface area contributed by atoms with Crippen LogP contribution in [0.25, 0.3) is 0 Å². The van der Waals surface area contributed by atoms with Crippen molar-refractivity contribution in [1.82, 2.24) is 15.4 Å². The van der Waals surface area contributed by atoms with Crippen LogP contribution in [-0.4, -0.2) is 45.8 Å². The normalized spacial score (nSPS) is 11.0. The standard InChI is InChI=1S/C19H24N4O3S2/c1-4-5-9-27-19-21-13(2)10-17(22-19)28-12-16(24)23-20-11-14-7-6-8-15(26-3)18(14)25/h6-8,10-11,25H,4-5,9,12H2,1-3H3,(H,23,24). The predicted molar refractivity (Wildman–Crippen MR) is 114 cm³/mol.